The maximum absolute atomic E-state index is 4.29. The Kier molecular flexibility index (Phi) is 43.7. The van der Waals surface area contributed by atoms with Crippen LogP contribution in [-0.2, 0) is 4.74 Å². The topological polar surface area (TPSA) is 9.23 Å². The standard InChI is InChI=1S/C3H7O.ClH.Mg/c1-3-4-2;;/h2-3H2,1H3;1H;/q-1;;+2/p-1. The molecule has 0 aliphatic rings. The normalized spacial score (nSPS) is 5.00. The van der Waals surface area contributed by atoms with Crippen LogP contribution in [0, 0.1) is 7.11 Å². The van der Waals surface area contributed by atoms with E-state index in [-0.39, 0.29) is 35.5 Å². The molecule has 0 aromatic carbocycles. The molecule has 0 saturated carbocycles. The van der Waals surface area contributed by atoms with Gasteiger partial charge in [0.05, 0.1) is 0 Å². The minimum Gasteiger partial charge on any atom is -1.00 e. The van der Waals surface area contributed by atoms with Gasteiger partial charge in [-0.3, -0.25) is 0 Å². The monoisotopic (exact) mass is 118 g/mol. The molecule has 0 N–H and O–H groups in total. The Hall–Kier alpha value is 1.02. The third-order valence-electron chi connectivity index (χ3n) is 0.204. The molecule has 34 valence electrons. The molecule has 0 aromatic heterocycles. The summed E-state index contributed by atoms with van der Waals surface area (Å²) in [5.41, 5.74) is 0. The van der Waals surface area contributed by atoms with Gasteiger partial charge in [0.15, 0.2) is 0 Å². The van der Waals surface area contributed by atoms with E-state index >= 15 is 0 Å². The fraction of sp³-hybridized carbons (Fsp3) is 0.667. The molecule has 0 amide bonds. The van der Waals surface area contributed by atoms with Gasteiger partial charge in [-0.1, -0.05) is 0 Å². The Bertz CT molecular complexity index is 12.8. The maximum atomic E-state index is 4.29. The SMILES string of the molecule is [CH2-]OCC.[Cl-].[Mg+2]. The van der Waals surface area contributed by atoms with Gasteiger partial charge in [-0.15, -0.1) is 0 Å². The van der Waals surface area contributed by atoms with Crippen LogP contribution in [-0.4, -0.2) is 29.7 Å². The third-order valence-corrected chi connectivity index (χ3v) is 0.204. The quantitative estimate of drug-likeness (QED) is 0.272. The van der Waals surface area contributed by atoms with Crippen LogP contribution in [0.4, 0.5) is 0 Å². The van der Waals surface area contributed by atoms with Crippen molar-refractivity contribution in [2.75, 3.05) is 6.61 Å². The van der Waals surface area contributed by atoms with Crippen LogP contribution >= 0.6 is 0 Å². The van der Waals surface area contributed by atoms with Crippen molar-refractivity contribution in [3.63, 3.8) is 0 Å². The van der Waals surface area contributed by atoms with E-state index in [9.17, 15) is 0 Å². The Labute approximate surface area is 61.0 Å². The summed E-state index contributed by atoms with van der Waals surface area (Å²) < 4.78 is 4.29. The predicted molar refractivity (Wildman–Crippen MR) is 22.7 cm³/mol. The fourth-order valence-corrected chi connectivity index (χ4v) is 0. The van der Waals surface area contributed by atoms with Gasteiger partial charge in [0.1, 0.15) is 0 Å². The number of halogens is 1. The van der Waals surface area contributed by atoms with Gasteiger partial charge in [-0.2, -0.15) is 0 Å². The Morgan fingerprint density at radius 2 is 1.83 bits per heavy atom. The number of hydrogen-bond donors (Lipinski definition) is 0. The average Bonchev–Trinajstić information content (AvgIpc) is 1.37. The van der Waals surface area contributed by atoms with E-state index in [0.29, 0.717) is 6.61 Å². The van der Waals surface area contributed by atoms with E-state index in [1.54, 1.807) is 0 Å². The number of ether oxygens (including phenoxy) is 1. The summed E-state index contributed by atoms with van der Waals surface area (Å²) in [5, 5.41) is 0. The van der Waals surface area contributed by atoms with Gasteiger partial charge in [0.25, 0.3) is 0 Å². The van der Waals surface area contributed by atoms with Crippen LogP contribution in [0.25, 0.3) is 0 Å². The summed E-state index contributed by atoms with van der Waals surface area (Å²) in [6, 6.07) is 0. The molecule has 0 bridgehead atoms. The first kappa shape index (κ1) is 15.7. The fourth-order valence-electron chi connectivity index (χ4n) is 0. The minimum absolute atomic E-state index is 0. The van der Waals surface area contributed by atoms with Crippen LogP contribution in [0.15, 0.2) is 0 Å². The summed E-state index contributed by atoms with van der Waals surface area (Å²) in [5.74, 6) is 0. The van der Waals surface area contributed by atoms with Gasteiger partial charge in [-0.05, 0) is 6.92 Å². The second-order valence-corrected chi connectivity index (χ2v) is 0.493. The van der Waals surface area contributed by atoms with Crippen molar-refractivity contribution in [3.8, 4) is 0 Å². The third kappa shape index (κ3) is 19.9. The van der Waals surface area contributed by atoms with Crippen molar-refractivity contribution in [2.45, 2.75) is 6.92 Å². The molecule has 0 aromatic rings. The first-order valence-corrected chi connectivity index (χ1v) is 1.28. The summed E-state index contributed by atoms with van der Waals surface area (Å²) >= 11 is 0. The van der Waals surface area contributed by atoms with Crippen LogP contribution in [0.3, 0.4) is 0 Å². The second-order valence-electron chi connectivity index (χ2n) is 0.493. The molecule has 0 rings (SSSR count). The minimum atomic E-state index is 0. The predicted octanol–water partition coefficient (Wildman–Crippen LogP) is -2.56. The molecule has 0 saturated heterocycles. The molecule has 3 heteroatoms. The average molecular weight is 119 g/mol. The largest absolute Gasteiger partial charge is 2.00 e. The van der Waals surface area contributed by atoms with Gasteiger partial charge in [0.2, 0.25) is 0 Å². The van der Waals surface area contributed by atoms with E-state index in [1.165, 1.54) is 0 Å². The van der Waals surface area contributed by atoms with Gasteiger partial charge in [-0.25, -0.2) is 7.11 Å². The number of hydrogen-bond acceptors (Lipinski definition) is 1. The van der Waals surface area contributed by atoms with Crippen LogP contribution in [0.5, 0.6) is 0 Å². The summed E-state index contributed by atoms with van der Waals surface area (Å²) in [7, 11) is 3.10. The maximum Gasteiger partial charge on any atom is 2.00 e. The first-order chi connectivity index (χ1) is 1.91. The van der Waals surface area contributed by atoms with Crippen molar-refractivity contribution >= 4 is 23.1 Å². The summed E-state index contributed by atoms with van der Waals surface area (Å²) in [6.45, 7) is 2.60. The molecule has 0 radical (unpaired) electrons. The Morgan fingerprint density at radius 3 is 1.83 bits per heavy atom. The molecule has 0 spiro atoms. The Morgan fingerprint density at radius 1 is 1.67 bits per heavy atom. The molecule has 6 heavy (non-hydrogen) atoms. The van der Waals surface area contributed by atoms with E-state index in [4.69, 9.17) is 0 Å². The van der Waals surface area contributed by atoms with E-state index in [0.717, 1.165) is 0 Å². The molecule has 0 fully saturated rings. The van der Waals surface area contributed by atoms with Crippen molar-refractivity contribution in [3.05, 3.63) is 7.11 Å². The first-order valence-electron chi connectivity index (χ1n) is 1.28. The van der Waals surface area contributed by atoms with E-state index in [2.05, 4.69) is 11.8 Å². The summed E-state index contributed by atoms with van der Waals surface area (Å²) in [6.07, 6.45) is 0. The molecule has 1 nitrogen and oxygen atoms in total. The molecular weight excluding hydrogens is 112 g/mol. The van der Waals surface area contributed by atoms with E-state index < -0.39 is 0 Å². The molecule has 0 heterocycles. The smallest absolute Gasteiger partial charge is 1.00 e. The van der Waals surface area contributed by atoms with Crippen molar-refractivity contribution in [2.24, 2.45) is 0 Å². The number of rotatable bonds is 1. The van der Waals surface area contributed by atoms with Crippen molar-refractivity contribution < 1.29 is 17.1 Å². The van der Waals surface area contributed by atoms with Gasteiger partial charge in [0, 0.05) is 6.61 Å². The van der Waals surface area contributed by atoms with Crippen molar-refractivity contribution in [1.82, 2.24) is 0 Å². The van der Waals surface area contributed by atoms with Crippen molar-refractivity contribution in [1.29, 1.82) is 0 Å². The zero-order chi connectivity index (χ0) is 3.41. The van der Waals surface area contributed by atoms with Crippen LogP contribution in [0.1, 0.15) is 6.92 Å². The Balaban J connectivity index is -0.0000000450. The van der Waals surface area contributed by atoms with Crippen LogP contribution < -0.4 is 12.4 Å². The molecule has 0 aliphatic carbocycles. The zero-order valence-electron chi connectivity index (χ0n) is 3.91. The molecule has 0 unspecified atom stereocenters. The van der Waals surface area contributed by atoms with Crippen LogP contribution in [0.2, 0.25) is 0 Å². The van der Waals surface area contributed by atoms with Gasteiger partial charge < -0.3 is 17.1 Å². The summed E-state index contributed by atoms with van der Waals surface area (Å²) in [4.78, 5) is 0. The van der Waals surface area contributed by atoms with Gasteiger partial charge >= 0.3 is 23.1 Å². The molecular formula is C3H7ClMgO. The zero-order valence-corrected chi connectivity index (χ0v) is 6.08. The second kappa shape index (κ2) is 16.6. The molecule has 0 aliphatic heterocycles. The molecule has 0 atom stereocenters. The van der Waals surface area contributed by atoms with E-state index in [1.807, 2.05) is 6.92 Å².